The van der Waals surface area contributed by atoms with Crippen molar-refractivity contribution < 1.29 is 0 Å². The Hall–Kier alpha value is -1.36. The lowest BCUT2D eigenvalue weighted by atomic mass is 9.99. The van der Waals surface area contributed by atoms with E-state index in [0.29, 0.717) is 0 Å². The minimum Gasteiger partial charge on any atom is -0.271 e. The Morgan fingerprint density at radius 3 is 2.71 bits per heavy atom. The molecule has 0 aliphatic heterocycles. The first-order chi connectivity index (χ1) is 8.13. The molecule has 5 heteroatoms. The second kappa shape index (κ2) is 4.87. The molecule has 2 rings (SSSR count). The summed E-state index contributed by atoms with van der Waals surface area (Å²) in [6.45, 7) is 2.02. The molecule has 1 unspecified atom stereocenters. The lowest BCUT2D eigenvalue weighted by molar-refractivity contribution is 0.573. The van der Waals surface area contributed by atoms with Gasteiger partial charge in [0.15, 0.2) is 0 Å². The molecule has 1 heterocycles. The van der Waals surface area contributed by atoms with Crippen LogP contribution < -0.4 is 11.3 Å². The molecule has 3 N–H and O–H groups in total. The minimum atomic E-state index is -0.0835. The summed E-state index contributed by atoms with van der Waals surface area (Å²) >= 11 is 5.95. The first-order valence-corrected chi connectivity index (χ1v) is 5.71. The quantitative estimate of drug-likeness (QED) is 0.647. The number of nitrogens with one attached hydrogen (secondary N) is 1. The summed E-state index contributed by atoms with van der Waals surface area (Å²) in [5.41, 5.74) is 6.03. The number of aromatic nitrogens is 2. The Morgan fingerprint density at radius 2 is 2.18 bits per heavy atom. The van der Waals surface area contributed by atoms with E-state index < -0.39 is 0 Å². The van der Waals surface area contributed by atoms with Crippen molar-refractivity contribution >= 4 is 11.6 Å². The smallest absolute Gasteiger partial charge is 0.0880 e. The van der Waals surface area contributed by atoms with Crippen LogP contribution in [0.1, 0.15) is 22.9 Å². The molecule has 0 bridgehead atoms. The van der Waals surface area contributed by atoms with E-state index in [9.17, 15) is 0 Å². The summed E-state index contributed by atoms with van der Waals surface area (Å²) in [5, 5.41) is 4.88. The average molecular weight is 251 g/mol. The number of hydrogen-bond donors (Lipinski definition) is 2. The normalized spacial score (nSPS) is 12.7. The van der Waals surface area contributed by atoms with Crippen molar-refractivity contribution in [2.75, 3.05) is 0 Å². The molecule has 4 nitrogen and oxygen atoms in total. The van der Waals surface area contributed by atoms with Gasteiger partial charge < -0.3 is 0 Å². The summed E-state index contributed by atoms with van der Waals surface area (Å²) in [4.78, 5) is 0. The van der Waals surface area contributed by atoms with Crippen LogP contribution in [0.5, 0.6) is 0 Å². The highest BCUT2D eigenvalue weighted by molar-refractivity contribution is 6.30. The zero-order valence-electron chi connectivity index (χ0n) is 9.81. The van der Waals surface area contributed by atoms with Gasteiger partial charge in [-0.05, 0) is 36.2 Å². The van der Waals surface area contributed by atoms with E-state index in [1.807, 2.05) is 38.2 Å². The van der Waals surface area contributed by atoms with Crippen LogP contribution in [0.25, 0.3) is 0 Å². The SMILES string of the molecule is Cc1cc(Cl)ccc1C(NN)c1ccnn1C. The van der Waals surface area contributed by atoms with Gasteiger partial charge in [0.1, 0.15) is 0 Å². The van der Waals surface area contributed by atoms with Crippen LogP contribution in [0.3, 0.4) is 0 Å². The molecule has 1 aromatic carbocycles. The lowest BCUT2D eigenvalue weighted by Gasteiger charge is -2.19. The van der Waals surface area contributed by atoms with Crippen LogP contribution in [0.2, 0.25) is 5.02 Å². The molecule has 0 amide bonds. The molecular weight excluding hydrogens is 236 g/mol. The van der Waals surface area contributed by atoms with E-state index in [1.54, 1.807) is 10.9 Å². The zero-order valence-corrected chi connectivity index (χ0v) is 10.6. The molecule has 0 fully saturated rings. The van der Waals surface area contributed by atoms with Crippen LogP contribution >= 0.6 is 11.6 Å². The van der Waals surface area contributed by atoms with Crippen LogP contribution in [0, 0.1) is 6.92 Å². The van der Waals surface area contributed by atoms with Gasteiger partial charge in [-0.25, -0.2) is 5.43 Å². The molecule has 2 aromatic rings. The molecule has 0 saturated carbocycles. The Morgan fingerprint density at radius 1 is 1.41 bits per heavy atom. The summed E-state index contributed by atoms with van der Waals surface area (Å²) in [6.07, 6.45) is 1.75. The number of benzene rings is 1. The van der Waals surface area contributed by atoms with Crippen molar-refractivity contribution in [1.29, 1.82) is 0 Å². The molecule has 0 aliphatic rings. The van der Waals surface area contributed by atoms with E-state index in [-0.39, 0.29) is 6.04 Å². The topological polar surface area (TPSA) is 55.9 Å². The molecule has 0 aliphatic carbocycles. The van der Waals surface area contributed by atoms with Gasteiger partial charge in [-0.2, -0.15) is 5.10 Å². The van der Waals surface area contributed by atoms with Gasteiger partial charge in [-0.3, -0.25) is 10.5 Å². The van der Waals surface area contributed by atoms with E-state index >= 15 is 0 Å². The van der Waals surface area contributed by atoms with Crippen molar-refractivity contribution in [1.82, 2.24) is 15.2 Å². The van der Waals surface area contributed by atoms with Crippen LogP contribution in [0.4, 0.5) is 0 Å². The third-order valence-corrected chi connectivity index (χ3v) is 3.10. The maximum atomic E-state index is 5.95. The highest BCUT2D eigenvalue weighted by Crippen LogP contribution is 2.25. The van der Waals surface area contributed by atoms with Crippen molar-refractivity contribution in [3.05, 3.63) is 52.3 Å². The fraction of sp³-hybridized carbons (Fsp3) is 0.250. The van der Waals surface area contributed by atoms with Crippen molar-refractivity contribution in [3.8, 4) is 0 Å². The summed E-state index contributed by atoms with van der Waals surface area (Å²) in [7, 11) is 1.89. The number of hydrazine groups is 1. The second-order valence-corrected chi connectivity index (χ2v) is 4.42. The Labute approximate surface area is 105 Å². The van der Waals surface area contributed by atoms with Crippen LogP contribution in [0.15, 0.2) is 30.5 Å². The lowest BCUT2D eigenvalue weighted by Crippen LogP contribution is -2.30. The minimum absolute atomic E-state index is 0.0835. The summed E-state index contributed by atoms with van der Waals surface area (Å²) in [6, 6.07) is 7.63. The third-order valence-electron chi connectivity index (χ3n) is 2.86. The molecule has 1 aromatic heterocycles. The van der Waals surface area contributed by atoms with E-state index in [0.717, 1.165) is 21.8 Å². The fourth-order valence-electron chi connectivity index (χ4n) is 1.96. The number of halogens is 1. The van der Waals surface area contributed by atoms with Gasteiger partial charge in [-0.1, -0.05) is 17.7 Å². The molecule has 0 spiro atoms. The highest BCUT2D eigenvalue weighted by atomic mass is 35.5. The molecule has 17 heavy (non-hydrogen) atoms. The van der Waals surface area contributed by atoms with Crippen molar-refractivity contribution in [3.63, 3.8) is 0 Å². The van der Waals surface area contributed by atoms with Gasteiger partial charge in [-0.15, -0.1) is 0 Å². The van der Waals surface area contributed by atoms with Gasteiger partial charge >= 0.3 is 0 Å². The van der Waals surface area contributed by atoms with Crippen LogP contribution in [-0.2, 0) is 7.05 Å². The van der Waals surface area contributed by atoms with Crippen molar-refractivity contribution in [2.24, 2.45) is 12.9 Å². The van der Waals surface area contributed by atoms with Gasteiger partial charge in [0.05, 0.1) is 11.7 Å². The van der Waals surface area contributed by atoms with Crippen molar-refractivity contribution in [2.45, 2.75) is 13.0 Å². The summed E-state index contributed by atoms with van der Waals surface area (Å²) in [5.74, 6) is 5.65. The van der Waals surface area contributed by atoms with Crippen LogP contribution in [-0.4, -0.2) is 9.78 Å². The van der Waals surface area contributed by atoms with E-state index in [4.69, 9.17) is 17.4 Å². The number of nitrogens with zero attached hydrogens (tertiary/aromatic N) is 2. The number of hydrogen-bond acceptors (Lipinski definition) is 3. The van der Waals surface area contributed by atoms with Gasteiger partial charge in [0.2, 0.25) is 0 Å². The first-order valence-electron chi connectivity index (χ1n) is 5.33. The monoisotopic (exact) mass is 250 g/mol. The molecule has 0 radical (unpaired) electrons. The maximum Gasteiger partial charge on any atom is 0.0880 e. The standard InChI is InChI=1S/C12H15ClN4/c1-8-7-9(13)3-4-10(8)12(16-14)11-5-6-15-17(11)2/h3-7,12,16H,14H2,1-2H3. The van der Waals surface area contributed by atoms with Gasteiger partial charge in [0, 0.05) is 18.3 Å². The predicted molar refractivity (Wildman–Crippen MR) is 68.6 cm³/mol. The first kappa shape index (κ1) is 12.1. The third kappa shape index (κ3) is 2.34. The Balaban J connectivity index is 2.46. The number of aryl methyl sites for hydroxylation is 2. The maximum absolute atomic E-state index is 5.95. The molecule has 90 valence electrons. The predicted octanol–water partition coefficient (Wildman–Crippen LogP) is 1.93. The molecule has 0 saturated heterocycles. The number of rotatable bonds is 3. The largest absolute Gasteiger partial charge is 0.271 e. The average Bonchev–Trinajstić information content (AvgIpc) is 2.69. The fourth-order valence-corrected chi connectivity index (χ4v) is 2.19. The molecule has 1 atom stereocenters. The molecular formula is C12H15ClN4. The zero-order chi connectivity index (χ0) is 12.4. The Bertz CT molecular complexity index is 521. The highest BCUT2D eigenvalue weighted by Gasteiger charge is 2.17. The second-order valence-electron chi connectivity index (χ2n) is 3.98. The van der Waals surface area contributed by atoms with E-state index in [1.165, 1.54) is 0 Å². The van der Waals surface area contributed by atoms with E-state index in [2.05, 4.69) is 10.5 Å². The number of nitrogens with two attached hydrogens (primary N) is 1. The van der Waals surface area contributed by atoms with Gasteiger partial charge in [0.25, 0.3) is 0 Å². The summed E-state index contributed by atoms with van der Waals surface area (Å²) < 4.78 is 1.80. The Kier molecular flexibility index (Phi) is 3.47.